The highest BCUT2D eigenvalue weighted by molar-refractivity contribution is 5.91. The molecule has 2 N–H and O–H groups in total. The Labute approximate surface area is 219 Å². The zero-order chi connectivity index (χ0) is 28.2. The fourth-order valence-electron chi connectivity index (χ4n) is 3.60. The van der Waals surface area contributed by atoms with Gasteiger partial charge in [0.05, 0.1) is 24.9 Å². The van der Waals surface area contributed by atoms with Crippen molar-refractivity contribution in [2.45, 2.75) is 39.5 Å². The summed E-state index contributed by atoms with van der Waals surface area (Å²) in [7, 11) is 4.39. The van der Waals surface area contributed by atoms with Gasteiger partial charge in [-0.3, -0.25) is 4.68 Å². The van der Waals surface area contributed by atoms with Gasteiger partial charge < -0.3 is 24.8 Å². The summed E-state index contributed by atoms with van der Waals surface area (Å²) < 4.78 is 31.2. The van der Waals surface area contributed by atoms with Gasteiger partial charge >= 0.3 is 12.1 Å². The third-order valence-corrected chi connectivity index (χ3v) is 5.34. The molecule has 0 aliphatic heterocycles. The maximum atomic E-state index is 13.9. The Morgan fingerprint density at radius 3 is 2.61 bits per heavy atom. The van der Waals surface area contributed by atoms with E-state index in [1.807, 2.05) is 0 Å². The van der Waals surface area contributed by atoms with Crippen LogP contribution in [0.25, 0.3) is 11.1 Å². The van der Waals surface area contributed by atoms with Crippen LogP contribution in [0.2, 0.25) is 0 Å². The van der Waals surface area contributed by atoms with Crippen molar-refractivity contribution in [3.63, 3.8) is 0 Å². The molecular weight excluding hydrogens is 495 g/mol. The van der Waals surface area contributed by atoms with E-state index in [2.05, 4.69) is 16.2 Å². The summed E-state index contributed by atoms with van der Waals surface area (Å²) in [6, 6.07) is 7.30. The number of aryl methyl sites for hydroxylation is 1. The van der Waals surface area contributed by atoms with Crippen LogP contribution in [0.15, 0.2) is 30.5 Å². The van der Waals surface area contributed by atoms with Crippen molar-refractivity contribution < 1.29 is 28.2 Å². The standard InChI is InChI=1S/C26H29FN6O5/c1-26(2,3)38-25(35)32(4)13-19-22(20(11-28)33(5)31-19)15-10-21(23(29)30-12-15)37-14-16-9-17(27)7-8-18(16)24(34)36-6/h7-10,12H,13-14H2,1-6H3,(H2,29,30). The van der Waals surface area contributed by atoms with Gasteiger partial charge in [-0.1, -0.05) is 0 Å². The van der Waals surface area contributed by atoms with Crippen molar-refractivity contribution in [1.82, 2.24) is 19.7 Å². The summed E-state index contributed by atoms with van der Waals surface area (Å²) in [5, 5.41) is 14.2. The molecule has 0 spiro atoms. The number of aromatic nitrogens is 3. The molecule has 38 heavy (non-hydrogen) atoms. The van der Waals surface area contributed by atoms with E-state index >= 15 is 0 Å². The van der Waals surface area contributed by atoms with Gasteiger partial charge in [-0.2, -0.15) is 10.4 Å². The molecule has 11 nitrogen and oxygen atoms in total. The van der Waals surface area contributed by atoms with Crippen molar-refractivity contribution in [2.75, 3.05) is 19.9 Å². The van der Waals surface area contributed by atoms with Crippen LogP contribution in [-0.2, 0) is 29.7 Å². The van der Waals surface area contributed by atoms with Gasteiger partial charge in [0, 0.05) is 37.0 Å². The van der Waals surface area contributed by atoms with Crippen molar-refractivity contribution >= 4 is 17.9 Å². The first-order valence-corrected chi connectivity index (χ1v) is 11.5. The fraction of sp³-hybridized carbons (Fsp3) is 0.346. The summed E-state index contributed by atoms with van der Waals surface area (Å²) in [5.74, 6) is -1.01. The van der Waals surface area contributed by atoms with Crippen LogP contribution in [0.5, 0.6) is 5.75 Å². The van der Waals surface area contributed by atoms with Crippen LogP contribution in [-0.4, -0.2) is 51.5 Å². The molecule has 0 radical (unpaired) electrons. The normalized spacial score (nSPS) is 11.0. The van der Waals surface area contributed by atoms with Gasteiger partial charge in [-0.05, 0) is 45.0 Å². The Bertz CT molecular complexity index is 1410. The van der Waals surface area contributed by atoms with E-state index in [4.69, 9.17) is 19.9 Å². The Morgan fingerprint density at radius 2 is 1.97 bits per heavy atom. The fourth-order valence-corrected chi connectivity index (χ4v) is 3.60. The molecule has 0 aliphatic rings. The van der Waals surface area contributed by atoms with E-state index in [0.29, 0.717) is 16.8 Å². The summed E-state index contributed by atoms with van der Waals surface area (Å²) in [5.41, 5.74) is 7.28. The predicted molar refractivity (Wildman–Crippen MR) is 135 cm³/mol. The number of benzene rings is 1. The van der Waals surface area contributed by atoms with Gasteiger partial charge in [0.2, 0.25) is 0 Å². The van der Waals surface area contributed by atoms with Crippen LogP contribution in [0.4, 0.5) is 15.0 Å². The molecule has 3 aromatic rings. The number of amides is 1. The predicted octanol–water partition coefficient (Wildman–Crippen LogP) is 3.81. The molecule has 0 saturated carbocycles. The second-order valence-electron chi connectivity index (χ2n) is 9.43. The maximum absolute atomic E-state index is 13.9. The summed E-state index contributed by atoms with van der Waals surface area (Å²) in [6.45, 7) is 5.13. The first-order chi connectivity index (χ1) is 17.8. The Kier molecular flexibility index (Phi) is 8.20. The molecule has 0 aliphatic carbocycles. The topological polar surface area (TPSA) is 146 Å². The molecule has 200 valence electrons. The number of hydrogen-bond acceptors (Lipinski definition) is 9. The molecule has 12 heteroatoms. The first-order valence-electron chi connectivity index (χ1n) is 11.5. The smallest absolute Gasteiger partial charge is 0.410 e. The molecule has 0 atom stereocenters. The summed E-state index contributed by atoms with van der Waals surface area (Å²) in [6.07, 6.45) is 0.905. The number of rotatable bonds is 7. The molecule has 0 bridgehead atoms. The van der Waals surface area contributed by atoms with Gasteiger partial charge in [0.15, 0.2) is 11.6 Å². The van der Waals surface area contributed by atoms with Crippen LogP contribution in [0.3, 0.4) is 0 Å². The van der Waals surface area contributed by atoms with E-state index in [1.54, 1.807) is 40.9 Å². The average Bonchev–Trinajstić information content (AvgIpc) is 3.16. The lowest BCUT2D eigenvalue weighted by Gasteiger charge is -2.24. The number of carbonyl (C=O) groups is 2. The molecule has 0 unspecified atom stereocenters. The number of nitrogens with two attached hydrogens (primary N) is 1. The van der Waals surface area contributed by atoms with Crippen LogP contribution < -0.4 is 10.5 Å². The number of methoxy groups -OCH3 is 1. The molecule has 0 saturated heterocycles. The number of nitrogens with zero attached hydrogens (tertiary/aromatic N) is 5. The number of anilines is 1. The number of pyridine rings is 1. The molecule has 0 fully saturated rings. The van der Waals surface area contributed by atoms with Crippen molar-refractivity contribution in [1.29, 1.82) is 5.26 Å². The lowest BCUT2D eigenvalue weighted by molar-refractivity contribution is 0.0283. The third-order valence-electron chi connectivity index (χ3n) is 5.34. The van der Waals surface area contributed by atoms with Crippen LogP contribution >= 0.6 is 0 Å². The highest BCUT2D eigenvalue weighted by Crippen LogP contribution is 2.33. The average molecular weight is 525 g/mol. The van der Waals surface area contributed by atoms with Gasteiger partial charge in [-0.25, -0.2) is 19.0 Å². The second kappa shape index (κ2) is 11.2. The minimum atomic E-state index is -0.682. The Morgan fingerprint density at radius 1 is 1.26 bits per heavy atom. The van der Waals surface area contributed by atoms with E-state index in [9.17, 15) is 19.2 Å². The number of ether oxygens (including phenoxy) is 3. The van der Waals surface area contributed by atoms with Crippen molar-refractivity contribution in [2.24, 2.45) is 7.05 Å². The monoisotopic (exact) mass is 524 g/mol. The molecular formula is C26H29FN6O5. The number of esters is 1. The largest absolute Gasteiger partial charge is 0.485 e. The number of carbonyl (C=O) groups excluding carboxylic acids is 2. The van der Waals surface area contributed by atoms with E-state index in [1.165, 1.54) is 35.0 Å². The second-order valence-corrected chi connectivity index (χ2v) is 9.43. The zero-order valence-electron chi connectivity index (χ0n) is 22.0. The molecule has 1 amide bonds. The first kappa shape index (κ1) is 27.9. The number of hydrogen-bond donors (Lipinski definition) is 1. The van der Waals surface area contributed by atoms with Crippen LogP contribution in [0.1, 0.15) is 48.1 Å². The highest BCUT2D eigenvalue weighted by atomic mass is 19.1. The Balaban J connectivity index is 1.95. The minimum Gasteiger partial charge on any atom is -0.485 e. The summed E-state index contributed by atoms with van der Waals surface area (Å²) in [4.78, 5) is 30.1. The lowest BCUT2D eigenvalue weighted by Crippen LogP contribution is -2.34. The minimum absolute atomic E-state index is 0.0413. The van der Waals surface area contributed by atoms with E-state index in [0.717, 1.165) is 6.07 Å². The number of halogens is 1. The molecule has 2 heterocycles. The third kappa shape index (κ3) is 6.36. The molecule has 1 aromatic carbocycles. The number of nitriles is 1. The quantitative estimate of drug-likeness (QED) is 0.456. The maximum Gasteiger partial charge on any atom is 0.410 e. The van der Waals surface area contributed by atoms with Crippen molar-refractivity contribution in [3.8, 4) is 22.9 Å². The van der Waals surface area contributed by atoms with Gasteiger partial charge in [0.25, 0.3) is 0 Å². The zero-order valence-corrected chi connectivity index (χ0v) is 22.0. The van der Waals surface area contributed by atoms with Gasteiger partial charge in [0.1, 0.15) is 29.8 Å². The molecule has 3 rings (SSSR count). The molecule has 2 aromatic heterocycles. The Hall–Kier alpha value is -4.66. The highest BCUT2D eigenvalue weighted by Gasteiger charge is 2.25. The SMILES string of the molecule is COC(=O)c1ccc(F)cc1COc1cc(-c2c(CN(C)C(=O)OC(C)(C)C)nn(C)c2C#N)cnc1N. The van der Waals surface area contributed by atoms with Gasteiger partial charge in [-0.15, -0.1) is 0 Å². The van der Waals surface area contributed by atoms with E-state index in [-0.39, 0.29) is 41.5 Å². The number of nitrogen functional groups attached to an aromatic ring is 1. The van der Waals surface area contributed by atoms with Crippen LogP contribution in [0, 0.1) is 17.1 Å². The van der Waals surface area contributed by atoms with E-state index < -0.39 is 23.5 Å². The van der Waals surface area contributed by atoms with Crippen molar-refractivity contribution in [3.05, 3.63) is 58.8 Å². The summed E-state index contributed by atoms with van der Waals surface area (Å²) >= 11 is 0. The lowest BCUT2D eigenvalue weighted by atomic mass is 10.0.